The molecule has 8 heteroatoms. The second-order valence-electron chi connectivity index (χ2n) is 7.37. The molecule has 0 radical (unpaired) electrons. The number of alkyl halides is 3. The van der Waals surface area contributed by atoms with Gasteiger partial charge in [-0.1, -0.05) is 17.3 Å². The van der Waals surface area contributed by atoms with Gasteiger partial charge in [0.15, 0.2) is 0 Å². The van der Waals surface area contributed by atoms with Gasteiger partial charge in [-0.2, -0.15) is 13.2 Å². The molecule has 144 valence electrons. The molecule has 2 heterocycles. The highest BCUT2D eigenvalue weighted by Gasteiger charge is 2.31. The Labute approximate surface area is 155 Å². The van der Waals surface area contributed by atoms with Crippen LogP contribution in [0.25, 0.3) is 0 Å². The lowest BCUT2D eigenvalue weighted by atomic mass is 10.1. The maximum atomic E-state index is 12.6. The van der Waals surface area contributed by atoms with Gasteiger partial charge in [0.2, 0.25) is 5.91 Å². The minimum absolute atomic E-state index is 0.0277. The molecule has 1 aliphatic heterocycles. The molecule has 2 aliphatic rings. The number of hydrogen-bond acceptors (Lipinski definition) is 3. The third kappa shape index (κ3) is 4.14. The largest absolute Gasteiger partial charge is 0.416 e. The van der Waals surface area contributed by atoms with Gasteiger partial charge in [-0.3, -0.25) is 4.79 Å². The van der Waals surface area contributed by atoms with E-state index in [1.54, 1.807) is 0 Å². The molecule has 0 unspecified atom stereocenters. The molecule has 4 rings (SSSR count). The van der Waals surface area contributed by atoms with Crippen LogP contribution >= 0.6 is 0 Å². The zero-order valence-corrected chi connectivity index (χ0v) is 14.8. The molecule has 27 heavy (non-hydrogen) atoms. The second-order valence-corrected chi connectivity index (χ2v) is 7.37. The molecule has 5 nitrogen and oxygen atoms in total. The fourth-order valence-electron chi connectivity index (χ4n) is 3.49. The Hall–Kier alpha value is -2.38. The molecular formula is C19H21F3N4O. The van der Waals surface area contributed by atoms with Crippen LogP contribution in [-0.2, 0) is 17.4 Å². The molecule has 2 fully saturated rings. The number of aryl methyl sites for hydroxylation is 1. The van der Waals surface area contributed by atoms with Crippen molar-refractivity contribution in [1.82, 2.24) is 19.9 Å². The Morgan fingerprint density at radius 1 is 1.15 bits per heavy atom. The summed E-state index contributed by atoms with van der Waals surface area (Å²) >= 11 is 0. The minimum Gasteiger partial charge on any atom is -0.340 e. The van der Waals surface area contributed by atoms with E-state index in [9.17, 15) is 18.0 Å². The maximum absolute atomic E-state index is 12.6. The standard InChI is InChI=1S/C19H21F3N4O/c20-19(21,22)15-6-1-13(2-7-15)3-8-18(27)25-10-9-16(11-25)26-12-17(23-24-26)14-4-5-14/h1-2,6-7,12,14,16H,3-5,8-11H2/t16-/m1/s1. The van der Waals surface area contributed by atoms with Gasteiger partial charge in [-0.05, 0) is 43.4 Å². The average molecular weight is 378 g/mol. The predicted octanol–water partition coefficient (Wildman–Crippen LogP) is 3.58. The second kappa shape index (κ2) is 6.98. The first kappa shape index (κ1) is 18.0. The van der Waals surface area contributed by atoms with Crippen LogP contribution in [0.4, 0.5) is 13.2 Å². The summed E-state index contributed by atoms with van der Waals surface area (Å²) in [6.45, 7) is 1.29. The molecule has 1 aliphatic carbocycles. The van der Waals surface area contributed by atoms with Crippen LogP contribution in [0.1, 0.15) is 54.5 Å². The molecule has 1 aromatic heterocycles. The highest BCUT2D eigenvalue weighted by Crippen LogP contribution is 2.39. The number of rotatable bonds is 5. The Morgan fingerprint density at radius 2 is 1.89 bits per heavy atom. The summed E-state index contributed by atoms with van der Waals surface area (Å²) < 4.78 is 39.6. The average Bonchev–Trinajstić information content (AvgIpc) is 3.18. The van der Waals surface area contributed by atoms with Crippen molar-refractivity contribution in [3.8, 4) is 0 Å². The Balaban J connectivity index is 1.28. The molecule has 1 amide bonds. The predicted molar refractivity (Wildman–Crippen MR) is 92.0 cm³/mol. The van der Waals surface area contributed by atoms with Crippen LogP contribution in [0, 0.1) is 0 Å². The molecule has 0 N–H and O–H groups in total. The van der Waals surface area contributed by atoms with Gasteiger partial charge < -0.3 is 4.90 Å². The van der Waals surface area contributed by atoms with Crippen LogP contribution in [-0.4, -0.2) is 38.9 Å². The first-order valence-corrected chi connectivity index (χ1v) is 9.26. The first-order chi connectivity index (χ1) is 12.9. The number of aromatic nitrogens is 3. The van der Waals surface area contributed by atoms with Gasteiger partial charge in [0.25, 0.3) is 0 Å². The van der Waals surface area contributed by atoms with Crippen molar-refractivity contribution in [1.29, 1.82) is 0 Å². The molecule has 2 aromatic rings. The molecule has 1 saturated carbocycles. The third-order valence-corrected chi connectivity index (χ3v) is 5.32. The number of carbonyl (C=O) groups is 1. The summed E-state index contributed by atoms with van der Waals surface area (Å²) in [4.78, 5) is 14.3. The Bertz CT molecular complexity index is 811. The van der Waals surface area contributed by atoms with E-state index in [1.165, 1.54) is 25.0 Å². The van der Waals surface area contributed by atoms with Crippen molar-refractivity contribution >= 4 is 5.91 Å². The molecule has 1 saturated heterocycles. The van der Waals surface area contributed by atoms with E-state index < -0.39 is 11.7 Å². The highest BCUT2D eigenvalue weighted by molar-refractivity contribution is 5.76. The third-order valence-electron chi connectivity index (χ3n) is 5.32. The maximum Gasteiger partial charge on any atom is 0.416 e. The SMILES string of the molecule is O=C(CCc1ccc(C(F)(F)F)cc1)N1CC[C@@H](n2cc(C3CC3)nn2)C1. The van der Waals surface area contributed by atoms with Gasteiger partial charge >= 0.3 is 6.18 Å². The van der Waals surface area contributed by atoms with Gasteiger partial charge in [0, 0.05) is 31.6 Å². The van der Waals surface area contributed by atoms with Crippen LogP contribution in [0.15, 0.2) is 30.5 Å². The Morgan fingerprint density at radius 3 is 2.56 bits per heavy atom. The van der Waals surface area contributed by atoms with Crippen molar-refractivity contribution in [2.45, 2.75) is 50.2 Å². The number of carbonyl (C=O) groups excluding carboxylic acids is 1. The quantitative estimate of drug-likeness (QED) is 0.799. The van der Waals surface area contributed by atoms with Gasteiger partial charge in [0.1, 0.15) is 0 Å². The smallest absolute Gasteiger partial charge is 0.340 e. The van der Waals surface area contributed by atoms with Crippen molar-refractivity contribution in [2.75, 3.05) is 13.1 Å². The van der Waals surface area contributed by atoms with Gasteiger partial charge in [-0.15, -0.1) is 5.10 Å². The minimum atomic E-state index is -4.33. The van der Waals surface area contributed by atoms with Crippen LogP contribution in [0.3, 0.4) is 0 Å². The fourth-order valence-corrected chi connectivity index (χ4v) is 3.49. The molecule has 0 spiro atoms. The molecule has 1 atom stereocenters. The number of benzene rings is 1. The monoisotopic (exact) mass is 378 g/mol. The van der Waals surface area contributed by atoms with E-state index in [0.29, 0.717) is 31.8 Å². The number of nitrogens with zero attached hydrogens (tertiary/aromatic N) is 4. The van der Waals surface area contributed by atoms with E-state index in [-0.39, 0.29) is 11.9 Å². The normalized spacial score (nSPS) is 20.3. The van der Waals surface area contributed by atoms with Gasteiger partial charge in [0.05, 0.1) is 17.3 Å². The number of halogens is 3. The lowest BCUT2D eigenvalue weighted by Gasteiger charge is -2.16. The van der Waals surface area contributed by atoms with Crippen molar-refractivity contribution in [2.24, 2.45) is 0 Å². The van der Waals surface area contributed by atoms with E-state index in [1.807, 2.05) is 15.8 Å². The number of amides is 1. The summed E-state index contributed by atoms with van der Waals surface area (Å²) in [6, 6.07) is 5.16. The van der Waals surface area contributed by atoms with Crippen LogP contribution in [0.2, 0.25) is 0 Å². The molecule has 1 aromatic carbocycles. The topological polar surface area (TPSA) is 51.0 Å². The van der Waals surface area contributed by atoms with Crippen molar-refractivity contribution in [3.05, 3.63) is 47.3 Å². The summed E-state index contributed by atoms with van der Waals surface area (Å²) in [5, 5.41) is 8.43. The van der Waals surface area contributed by atoms with Crippen molar-refractivity contribution < 1.29 is 18.0 Å². The fraction of sp³-hybridized carbons (Fsp3) is 0.526. The Kier molecular flexibility index (Phi) is 4.65. The highest BCUT2D eigenvalue weighted by atomic mass is 19.4. The van der Waals surface area contributed by atoms with E-state index in [2.05, 4.69) is 10.3 Å². The lowest BCUT2D eigenvalue weighted by Crippen LogP contribution is -2.29. The zero-order chi connectivity index (χ0) is 19.0. The lowest BCUT2D eigenvalue weighted by molar-refractivity contribution is -0.137. The van der Waals surface area contributed by atoms with Crippen molar-refractivity contribution in [3.63, 3.8) is 0 Å². The van der Waals surface area contributed by atoms with E-state index in [0.717, 1.165) is 29.8 Å². The summed E-state index contributed by atoms with van der Waals surface area (Å²) in [7, 11) is 0. The van der Waals surface area contributed by atoms with Crippen LogP contribution < -0.4 is 0 Å². The van der Waals surface area contributed by atoms with Gasteiger partial charge in [-0.25, -0.2) is 4.68 Å². The number of likely N-dealkylation sites (tertiary alicyclic amines) is 1. The van der Waals surface area contributed by atoms with E-state index in [4.69, 9.17) is 0 Å². The van der Waals surface area contributed by atoms with Crippen LogP contribution in [0.5, 0.6) is 0 Å². The molecular weight excluding hydrogens is 357 g/mol. The first-order valence-electron chi connectivity index (χ1n) is 9.26. The molecule has 0 bridgehead atoms. The summed E-state index contributed by atoms with van der Waals surface area (Å²) in [5.41, 5.74) is 1.11. The summed E-state index contributed by atoms with van der Waals surface area (Å²) in [5.74, 6) is 0.585. The summed E-state index contributed by atoms with van der Waals surface area (Å²) in [6.07, 6.45) is 1.60. The van der Waals surface area contributed by atoms with E-state index >= 15 is 0 Å². The number of hydrogen-bond donors (Lipinski definition) is 0. The zero-order valence-electron chi connectivity index (χ0n) is 14.8.